The van der Waals surface area contributed by atoms with Gasteiger partial charge in [-0.1, -0.05) is 54.2 Å². The van der Waals surface area contributed by atoms with Crippen molar-refractivity contribution in [3.05, 3.63) is 118 Å². The molecule has 2 aromatic heterocycles. The minimum atomic E-state index is -0.396. The molecule has 3 aromatic carbocycles. The van der Waals surface area contributed by atoms with Crippen molar-refractivity contribution in [3.63, 3.8) is 0 Å². The number of nitrogens with zero attached hydrogens (tertiary/aromatic N) is 4. The zero-order valence-corrected chi connectivity index (χ0v) is 19.3. The van der Waals surface area contributed by atoms with E-state index in [4.69, 9.17) is 9.15 Å². The Morgan fingerprint density at radius 3 is 2.46 bits per heavy atom. The summed E-state index contributed by atoms with van der Waals surface area (Å²) in [6, 6.07) is 27.9. The summed E-state index contributed by atoms with van der Waals surface area (Å²) in [6.45, 7) is 0.481. The zero-order valence-electron chi connectivity index (χ0n) is 18.5. The molecule has 0 saturated carbocycles. The van der Waals surface area contributed by atoms with Crippen molar-refractivity contribution in [2.45, 2.75) is 17.5 Å². The monoisotopic (exact) mass is 484 g/mol. The normalized spacial score (nSPS) is 10.9. The van der Waals surface area contributed by atoms with Crippen LogP contribution in [-0.2, 0) is 12.4 Å². The summed E-state index contributed by atoms with van der Waals surface area (Å²) in [4.78, 5) is 10.7. The minimum absolute atomic E-state index is 0.0620. The van der Waals surface area contributed by atoms with Crippen molar-refractivity contribution in [2.24, 2.45) is 0 Å². The lowest BCUT2D eigenvalue weighted by Gasteiger charge is -2.11. The van der Waals surface area contributed by atoms with Crippen molar-refractivity contribution in [1.82, 2.24) is 14.8 Å². The average molecular weight is 485 g/mol. The Balaban J connectivity index is 1.39. The second-order valence-corrected chi connectivity index (χ2v) is 8.55. The molecule has 0 N–H and O–H groups in total. The van der Waals surface area contributed by atoms with Gasteiger partial charge in [-0.25, -0.2) is 0 Å². The molecule has 0 bridgehead atoms. The van der Waals surface area contributed by atoms with Gasteiger partial charge in [-0.3, -0.25) is 14.7 Å². The molecule has 35 heavy (non-hydrogen) atoms. The second-order valence-electron chi connectivity index (χ2n) is 7.60. The zero-order chi connectivity index (χ0) is 24.0. The SMILES string of the molecule is O=[N+]([O-])c1cccc(CSc2nnc(-c3ccco3)n2-c2ccc(OCc3ccccc3)cc2)c1. The van der Waals surface area contributed by atoms with Gasteiger partial charge in [-0.05, 0) is 47.5 Å². The van der Waals surface area contributed by atoms with E-state index >= 15 is 0 Å². The van der Waals surface area contributed by atoms with Crippen LogP contribution in [0.1, 0.15) is 11.1 Å². The van der Waals surface area contributed by atoms with E-state index in [9.17, 15) is 10.1 Å². The highest BCUT2D eigenvalue weighted by Crippen LogP contribution is 2.31. The van der Waals surface area contributed by atoms with Crippen LogP contribution >= 0.6 is 11.8 Å². The first-order valence-corrected chi connectivity index (χ1v) is 11.8. The van der Waals surface area contributed by atoms with E-state index in [1.165, 1.54) is 17.8 Å². The predicted molar refractivity (Wildman–Crippen MR) is 132 cm³/mol. The molecule has 0 fully saturated rings. The van der Waals surface area contributed by atoms with E-state index in [1.54, 1.807) is 24.5 Å². The van der Waals surface area contributed by atoms with E-state index in [-0.39, 0.29) is 5.69 Å². The largest absolute Gasteiger partial charge is 0.489 e. The third-order valence-electron chi connectivity index (χ3n) is 5.21. The van der Waals surface area contributed by atoms with Crippen LogP contribution in [-0.4, -0.2) is 19.7 Å². The Hall–Kier alpha value is -4.37. The van der Waals surface area contributed by atoms with E-state index in [0.717, 1.165) is 22.6 Å². The first kappa shape index (κ1) is 22.4. The number of thioether (sulfide) groups is 1. The lowest BCUT2D eigenvalue weighted by Crippen LogP contribution is -2.00. The molecule has 0 saturated heterocycles. The topological polar surface area (TPSA) is 96.2 Å². The molecule has 9 heteroatoms. The lowest BCUT2D eigenvalue weighted by molar-refractivity contribution is -0.384. The summed E-state index contributed by atoms with van der Waals surface area (Å²) in [5.74, 6) is 2.39. The summed E-state index contributed by atoms with van der Waals surface area (Å²) in [5, 5.41) is 20.5. The first-order valence-electron chi connectivity index (χ1n) is 10.8. The van der Waals surface area contributed by atoms with Crippen LogP contribution in [0.2, 0.25) is 0 Å². The number of ether oxygens (including phenoxy) is 1. The van der Waals surface area contributed by atoms with Crippen molar-refractivity contribution in [2.75, 3.05) is 0 Å². The second kappa shape index (κ2) is 10.3. The maximum Gasteiger partial charge on any atom is 0.269 e. The molecule has 0 spiro atoms. The van der Waals surface area contributed by atoms with Gasteiger partial charge in [0.1, 0.15) is 12.4 Å². The lowest BCUT2D eigenvalue weighted by atomic mass is 10.2. The van der Waals surface area contributed by atoms with E-state index in [2.05, 4.69) is 10.2 Å². The highest BCUT2D eigenvalue weighted by atomic mass is 32.2. The number of hydrogen-bond donors (Lipinski definition) is 0. The van der Waals surface area contributed by atoms with Crippen LogP contribution in [0.4, 0.5) is 5.69 Å². The number of nitro benzene ring substituents is 1. The summed E-state index contributed by atoms with van der Waals surface area (Å²) < 4.78 is 13.4. The molecule has 0 aliphatic carbocycles. The van der Waals surface area contributed by atoms with Gasteiger partial charge in [0, 0.05) is 17.9 Å². The first-order chi connectivity index (χ1) is 17.2. The van der Waals surface area contributed by atoms with Crippen molar-refractivity contribution in [1.29, 1.82) is 0 Å². The van der Waals surface area contributed by atoms with Crippen LogP contribution in [0.3, 0.4) is 0 Å². The van der Waals surface area contributed by atoms with E-state index in [0.29, 0.717) is 29.1 Å². The van der Waals surface area contributed by atoms with Crippen LogP contribution in [0.5, 0.6) is 5.75 Å². The molecule has 5 rings (SSSR count). The quantitative estimate of drug-likeness (QED) is 0.137. The van der Waals surface area contributed by atoms with Crippen LogP contribution in [0.15, 0.2) is 107 Å². The van der Waals surface area contributed by atoms with E-state index in [1.807, 2.05) is 71.3 Å². The number of furan rings is 1. The number of non-ortho nitro benzene ring substituents is 1. The summed E-state index contributed by atoms with van der Waals surface area (Å²) in [6.07, 6.45) is 1.59. The highest BCUT2D eigenvalue weighted by Gasteiger charge is 2.18. The summed E-state index contributed by atoms with van der Waals surface area (Å²) >= 11 is 1.44. The third-order valence-corrected chi connectivity index (χ3v) is 6.21. The number of nitro groups is 1. The van der Waals surface area contributed by atoms with Gasteiger partial charge in [0.15, 0.2) is 10.9 Å². The van der Waals surface area contributed by atoms with Crippen LogP contribution in [0.25, 0.3) is 17.3 Å². The average Bonchev–Trinajstić information content (AvgIpc) is 3.57. The van der Waals surface area contributed by atoms with Crippen LogP contribution < -0.4 is 4.74 Å². The van der Waals surface area contributed by atoms with Crippen molar-refractivity contribution >= 4 is 17.4 Å². The molecule has 0 unspecified atom stereocenters. The molecule has 0 amide bonds. The molecular formula is C26H20N4O4S. The maximum atomic E-state index is 11.1. The molecule has 0 radical (unpaired) electrons. The molecule has 8 nitrogen and oxygen atoms in total. The Morgan fingerprint density at radius 1 is 0.914 bits per heavy atom. The van der Waals surface area contributed by atoms with Gasteiger partial charge < -0.3 is 9.15 Å². The van der Waals surface area contributed by atoms with E-state index < -0.39 is 4.92 Å². The van der Waals surface area contributed by atoms with Gasteiger partial charge in [-0.15, -0.1) is 10.2 Å². The van der Waals surface area contributed by atoms with Gasteiger partial charge in [-0.2, -0.15) is 0 Å². The standard InChI is InChI=1S/C26H20N4O4S/c31-30(32)22-9-4-8-20(16-22)18-35-26-28-27-25(24-10-5-15-33-24)29(26)21-11-13-23(14-12-21)34-17-19-6-2-1-3-7-19/h1-16H,17-18H2. The van der Waals surface area contributed by atoms with Crippen molar-refractivity contribution < 1.29 is 14.1 Å². The minimum Gasteiger partial charge on any atom is -0.489 e. The molecule has 0 atom stereocenters. The highest BCUT2D eigenvalue weighted by molar-refractivity contribution is 7.98. The third kappa shape index (κ3) is 5.25. The van der Waals surface area contributed by atoms with Crippen LogP contribution in [0, 0.1) is 10.1 Å². The van der Waals surface area contributed by atoms with Crippen molar-refractivity contribution in [3.8, 4) is 23.0 Å². The Labute approximate surface area is 205 Å². The smallest absolute Gasteiger partial charge is 0.269 e. The van der Waals surface area contributed by atoms with Gasteiger partial charge in [0.2, 0.25) is 5.82 Å². The molecule has 2 heterocycles. The fraction of sp³-hybridized carbons (Fsp3) is 0.0769. The molecule has 5 aromatic rings. The molecule has 174 valence electrons. The maximum absolute atomic E-state index is 11.1. The predicted octanol–water partition coefficient (Wildman–Crippen LogP) is 6.31. The number of aromatic nitrogens is 3. The Morgan fingerprint density at radius 2 is 1.71 bits per heavy atom. The number of hydrogen-bond acceptors (Lipinski definition) is 7. The van der Waals surface area contributed by atoms with Gasteiger partial charge in [0.25, 0.3) is 5.69 Å². The number of rotatable bonds is 9. The van der Waals surface area contributed by atoms with Gasteiger partial charge in [0.05, 0.1) is 16.9 Å². The summed E-state index contributed by atoms with van der Waals surface area (Å²) in [5.41, 5.74) is 2.82. The fourth-order valence-electron chi connectivity index (χ4n) is 3.50. The Kier molecular flexibility index (Phi) is 6.58. The Bertz CT molecular complexity index is 1420. The molecule has 0 aliphatic heterocycles. The number of benzene rings is 3. The molecular weight excluding hydrogens is 464 g/mol. The fourth-order valence-corrected chi connectivity index (χ4v) is 4.40. The van der Waals surface area contributed by atoms with Gasteiger partial charge >= 0.3 is 0 Å². The molecule has 0 aliphatic rings. The summed E-state index contributed by atoms with van der Waals surface area (Å²) in [7, 11) is 0.